The molecular weight excluding hydrogens is 216 g/mol. The molecular formula is C12H12N4O. The molecule has 2 N–H and O–H groups in total. The third kappa shape index (κ3) is 2.21. The van der Waals surface area contributed by atoms with Gasteiger partial charge in [-0.05, 0) is 12.1 Å². The SMILES string of the molecule is Cn1nc(COc2ccccc2)c(C#N)c1N. The van der Waals surface area contributed by atoms with Gasteiger partial charge in [0.1, 0.15) is 35.5 Å². The molecule has 2 rings (SSSR count). The van der Waals surface area contributed by atoms with Crippen LogP contribution in [0.4, 0.5) is 5.82 Å². The van der Waals surface area contributed by atoms with Gasteiger partial charge in [0, 0.05) is 7.05 Å². The van der Waals surface area contributed by atoms with E-state index in [9.17, 15) is 0 Å². The van der Waals surface area contributed by atoms with Gasteiger partial charge in [0.2, 0.25) is 0 Å². The van der Waals surface area contributed by atoms with Gasteiger partial charge < -0.3 is 10.5 Å². The monoisotopic (exact) mass is 228 g/mol. The van der Waals surface area contributed by atoms with Crippen LogP contribution in [0, 0.1) is 11.3 Å². The molecule has 0 saturated heterocycles. The van der Waals surface area contributed by atoms with Crippen molar-refractivity contribution in [2.24, 2.45) is 7.05 Å². The van der Waals surface area contributed by atoms with E-state index in [1.165, 1.54) is 4.68 Å². The molecule has 1 aromatic carbocycles. The van der Waals surface area contributed by atoms with Crippen molar-refractivity contribution < 1.29 is 4.74 Å². The minimum absolute atomic E-state index is 0.234. The topological polar surface area (TPSA) is 76.9 Å². The van der Waals surface area contributed by atoms with Crippen molar-refractivity contribution in [2.45, 2.75) is 6.61 Å². The largest absolute Gasteiger partial charge is 0.487 e. The maximum Gasteiger partial charge on any atom is 0.139 e. The van der Waals surface area contributed by atoms with Crippen LogP contribution in [0.5, 0.6) is 5.75 Å². The summed E-state index contributed by atoms with van der Waals surface area (Å²) in [6, 6.07) is 11.4. The lowest BCUT2D eigenvalue weighted by atomic mass is 10.2. The standard InChI is InChI=1S/C12H12N4O/c1-16-12(14)10(7-13)11(15-16)8-17-9-5-3-2-4-6-9/h2-6H,8,14H2,1H3. The Bertz CT molecular complexity index is 554. The van der Waals surface area contributed by atoms with E-state index in [0.717, 1.165) is 5.75 Å². The molecule has 0 aliphatic rings. The first-order chi connectivity index (χ1) is 8.22. The maximum absolute atomic E-state index is 8.97. The van der Waals surface area contributed by atoms with E-state index in [0.29, 0.717) is 17.1 Å². The maximum atomic E-state index is 8.97. The number of nitrogen functional groups attached to an aromatic ring is 1. The Morgan fingerprint density at radius 1 is 1.41 bits per heavy atom. The fourth-order valence-electron chi connectivity index (χ4n) is 1.49. The van der Waals surface area contributed by atoms with Crippen molar-refractivity contribution in [1.82, 2.24) is 9.78 Å². The number of hydrogen-bond acceptors (Lipinski definition) is 4. The molecule has 17 heavy (non-hydrogen) atoms. The van der Waals surface area contributed by atoms with E-state index >= 15 is 0 Å². The van der Waals surface area contributed by atoms with E-state index < -0.39 is 0 Å². The molecule has 0 spiro atoms. The van der Waals surface area contributed by atoms with Gasteiger partial charge in [-0.1, -0.05) is 18.2 Å². The first-order valence-corrected chi connectivity index (χ1v) is 5.11. The van der Waals surface area contributed by atoms with Crippen LogP contribution in [-0.4, -0.2) is 9.78 Å². The Kier molecular flexibility index (Phi) is 2.97. The zero-order valence-corrected chi connectivity index (χ0v) is 9.42. The molecule has 5 heteroatoms. The first kappa shape index (κ1) is 11.0. The Labute approximate surface area is 99.0 Å². The first-order valence-electron chi connectivity index (χ1n) is 5.11. The lowest BCUT2D eigenvalue weighted by molar-refractivity contribution is 0.299. The van der Waals surface area contributed by atoms with Crippen LogP contribution in [-0.2, 0) is 13.7 Å². The molecule has 0 radical (unpaired) electrons. The molecule has 2 aromatic rings. The van der Waals surface area contributed by atoms with Gasteiger partial charge in [-0.3, -0.25) is 4.68 Å². The Balaban J connectivity index is 2.15. The van der Waals surface area contributed by atoms with Crippen molar-refractivity contribution in [2.75, 3.05) is 5.73 Å². The second-order valence-electron chi connectivity index (χ2n) is 3.54. The molecule has 0 atom stereocenters. The van der Waals surface area contributed by atoms with Crippen LogP contribution in [0.2, 0.25) is 0 Å². The average molecular weight is 228 g/mol. The molecule has 0 aliphatic carbocycles. The highest BCUT2D eigenvalue weighted by atomic mass is 16.5. The molecule has 1 heterocycles. The summed E-state index contributed by atoms with van der Waals surface area (Å²) in [5.41, 5.74) is 6.64. The molecule has 0 bridgehead atoms. The summed E-state index contributed by atoms with van der Waals surface area (Å²) in [6.45, 7) is 0.234. The number of nitrogens with two attached hydrogens (primary N) is 1. The van der Waals surface area contributed by atoms with Gasteiger partial charge in [-0.2, -0.15) is 10.4 Å². The number of hydrogen-bond donors (Lipinski definition) is 1. The van der Waals surface area contributed by atoms with E-state index in [4.69, 9.17) is 15.7 Å². The highest BCUT2D eigenvalue weighted by Gasteiger charge is 2.13. The van der Waals surface area contributed by atoms with Crippen molar-refractivity contribution in [3.05, 3.63) is 41.6 Å². The molecule has 1 aromatic heterocycles. The van der Waals surface area contributed by atoms with Crippen LogP contribution in [0.1, 0.15) is 11.3 Å². The smallest absolute Gasteiger partial charge is 0.139 e. The summed E-state index contributed by atoms with van der Waals surface area (Å²) in [4.78, 5) is 0. The molecule has 0 unspecified atom stereocenters. The Morgan fingerprint density at radius 3 is 2.76 bits per heavy atom. The van der Waals surface area contributed by atoms with E-state index in [-0.39, 0.29) is 6.61 Å². The van der Waals surface area contributed by atoms with E-state index in [2.05, 4.69) is 5.10 Å². The summed E-state index contributed by atoms with van der Waals surface area (Å²) in [6.07, 6.45) is 0. The highest BCUT2D eigenvalue weighted by Crippen LogP contribution is 2.17. The number of benzene rings is 1. The number of para-hydroxylation sites is 1. The van der Waals surface area contributed by atoms with Crippen LogP contribution in [0.25, 0.3) is 0 Å². The molecule has 0 fully saturated rings. The molecule has 0 saturated carbocycles. The normalized spacial score (nSPS) is 9.88. The van der Waals surface area contributed by atoms with Crippen molar-refractivity contribution in [3.63, 3.8) is 0 Å². The third-order valence-electron chi connectivity index (χ3n) is 2.39. The minimum Gasteiger partial charge on any atom is -0.487 e. The molecule has 5 nitrogen and oxygen atoms in total. The summed E-state index contributed by atoms with van der Waals surface area (Å²) in [5, 5.41) is 13.1. The van der Waals surface area contributed by atoms with Crippen molar-refractivity contribution in [3.8, 4) is 11.8 Å². The van der Waals surface area contributed by atoms with Gasteiger partial charge in [0.25, 0.3) is 0 Å². The fraction of sp³-hybridized carbons (Fsp3) is 0.167. The van der Waals surface area contributed by atoms with Crippen LogP contribution < -0.4 is 10.5 Å². The summed E-state index contributed by atoms with van der Waals surface area (Å²) < 4.78 is 6.99. The van der Waals surface area contributed by atoms with Crippen molar-refractivity contribution in [1.29, 1.82) is 5.26 Å². The number of rotatable bonds is 3. The minimum atomic E-state index is 0.234. The zero-order valence-electron chi connectivity index (χ0n) is 9.42. The Morgan fingerprint density at radius 2 is 2.12 bits per heavy atom. The van der Waals surface area contributed by atoms with Crippen LogP contribution >= 0.6 is 0 Å². The van der Waals surface area contributed by atoms with Crippen LogP contribution in [0.15, 0.2) is 30.3 Å². The molecule has 0 amide bonds. The number of nitriles is 1. The number of nitrogens with zero attached hydrogens (tertiary/aromatic N) is 3. The summed E-state index contributed by atoms with van der Waals surface area (Å²) in [7, 11) is 1.70. The van der Waals surface area contributed by atoms with E-state index in [1.54, 1.807) is 7.05 Å². The number of ether oxygens (including phenoxy) is 1. The molecule has 86 valence electrons. The van der Waals surface area contributed by atoms with Gasteiger partial charge in [-0.25, -0.2) is 0 Å². The summed E-state index contributed by atoms with van der Waals surface area (Å²) >= 11 is 0. The van der Waals surface area contributed by atoms with Gasteiger partial charge in [0.15, 0.2) is 0 Å². The second-order valence-corrected chi connectivity index (χ2v) is 3.54. The number of aromatic nitrogens is 2. The van der Waals surface area contributed by atoms with Gasteiger partial charge in [0.05, 0.1) is 0 Å². The third-order valence-corrected chi connectivity index (χ3v) is 2.39. The lowest BCUT2D eigenvalue weighted by Gasteiger charge is -2.03. The number of anilines is 1. The van der Waals surface area contributed by atoms with Gasteiger partial charge in [-0.15, -0.1) is 0 Å². The van der Waals surface area contributed by atoms with Crippen LogP contribution in [0.3, 0.4) is 0 Å². The quantitative estimate of drug-likeness (QED) is 0.862. The Hall–Kier alpha value is -2.48. The lowest BCUT2D eigenvalue weighted by Crippen LogP contribution is -1.99. The van der Waals surface area contributed by atoms with E-state index in [1.807, 2.05) is 36.4 Å². The highest BCUT2D eigenvalue weighted by molar-refractivity contribution is 5.51. The number of aryl methyl sites for hydroxylation is 1. The zero-order chi connectivity index (χ0) is 12.3. The summed E-state index contributed by atoms with van der Waals surface area (Å²) in [5.74, 6) is 1.10. The molecule has 0 aliphatic heterocycles. The fourth-order valence-corrected chi connectivity index (χ4v) is 1.49. The average Bonchev–Trinajstić information content (AvgIpc) is 2.63. The predicted octanol–water partition coefficient (Wildman–Crippen LogP) is 1.45. The predicted molar refractivity (Wildman–Crippen MR) is 63.1 cm³/mol. The second kappa shape index (κ2) is 4.58. The van der Waals surface area contributed by atoms with Crippen molar-refractivity contribution >= 4 is 5.82 Å². The van der Waals surface area contributed by atoms with Gasteiger partial charge >= 0.3 is 0 Å².